The maximum atomic E-state index is 5.70. The lowest BCUT2D eigenvalue weighted by Crippen LogP contribution is -2.45. The highest BCUT2D eigenvalue weighted by Crippen LogP contribution is 2.26. The number of nitrogens with one attached hydrogen (secondary N) is 1. The third-order valence-corrected chi connectivity index (χ3v) is 3.21. The molecule has 0 amide bonds. The van der Waals surface area contributed by atoms with E-state index in [-0.39, 0.29) is 5.60 Å². The van der Waals surface area contributed by atoms with Crippen LogP contribution in [0, 0.1) is 0 Å². The molecule has 1 aromatic rings. The molecule has 1 aliphatic rings. The zero-order chi connectivity index (χ0) is 10.7. The third kappa shape index (κ3) is 2.38. The molecule has 1 N–H and O–H groups in total. The highest BCUT2D eigenvalue weighted by atomic mass is 16.5. The zero-order valence-corrected chi connectivity index (χ0v) is 9.49. The molecule has 1 fully saturated rings. The van der Waals surface area contributed by atoms with Gasteiger partial charge in [0.1, 0.15) is 0 Å². The number of ether oxygens (including phenoxy) is 1. The van der Waals surface area contributed by atoms with E-state index in [4.69, 9.17) is 4.74 Å². The molecule has 0 aliphatic carbocycles. The lowest BCUT2D eigenvalue weighted by Gasteiger charge is -2.35. The summed E-state index contributed by atoms with van der Waals surface area (Å²) in [4.78, 5) is 4.37. The van der Waals surface area contributed by atoms with E-state index in [0.717, 1.165) is 38.0 Å². The molecule has 4 nitrogen and oxygen atoms in total. The first kappa shape index (κ1) is 10.6. The number of imidazole rings is 1. The minimum Gasteiger partial charge on any atom is -0.378 e. The quantitative estimate of drug-likeness (QED) is 0.797. The van der Waals surface area contributed by atoms with Gasteiger partial charge in [-0.05, 0) is 25.9 Å². The Labute approximate surface area is 90.6 Å². The zero-order valence-electron chi connectivity index (χ0n) is 9.49. The van der Waals surface area contributed by atoms with Crippen molar-refractivity contribution in [3.05, 3.63) is 18.2 Å². The number of methoxy groups -OCH3 is 1. The number of nitrogens with zero attached hydrogens (tertiary/aromatic N) is 2. The van der Waals surface area contributed by atoms with Crippen LogP contribution < -0.4 is 5.32 Å². The number of hydrogen-bond acceptors (Lipinski definition) is 3. The van der Waals surface area contributed by atoms with Crippen molar-refractivity contribution in [2.75, 3.05) is 20.2 Å². The van der Waals surface area contributed by atoms with Crippen molar-refractivity contribution < 1.29 is 4.74 Å². The van der Waals surface area contributed by atoms with Crippen molar-refractivity contribution in [2.24, 2.45) is 7.05 Å². The van der Waals surface area contributed by atoms with Gasteiger partial charge in [0.25, 0.3) is 0 Å². The molecule has 2 rings (SSSR count). The van der Waals surface area contributed by atoms with Gasteiger partial charge in [0.15, 0.2) is 0 Å². The molecule has 1 aliphatic heterocycles. The van der Waals surface area contributed by atoms with Gasteiger partial charge in [-0.2, -0.15) is 0 Å². The summed E-state index contributed by atoms with van der Waals surface area (Å²) in [6.45, 7) is 2.08. The maximum Gasteiger partial charge on any atom is 0.0946 e. The first-order valence-electron chi connectivity index (χ1n) is 5.47. The van der Waals surface area contributed by atoms with Crippen LogP contribution in [-0.4, -0.2) is 35.4 Å². The minimum atomic E-state index is -0.000394. The van der Waals surface area contributed by atoms with Gasteiger partial charge in [-0.15, -0.1) is 0 Å². The van der Waals surface area contributed by atoms with Crippen LogP contribution >= 0.6 is 0 Å². The Kier molecular flexibility index (Phi) is 3.07. The Hall–Kier alpha value is -0.870. The van der Waals surface area contributed by atoms with E-state index >= 15 is 0 Å². The Balaban J connectivity index is 2.06. The summed E-state index contributed by atoms with van der Waals surface area (Å²) in [6.07, 6.45) is 6.98. The molecule has 0 atom stereocenters. The van der Waals surface area contributed by atoms with E-state index in [9.17, 15) is 0 Å². The summed E-state index contributed by atoms with van der Waals surface area (Å²) in [6, 6.07) is 0. The molecule has 2 heterocycles. The van der Waals surface area contributed by atoms with Crippen LogP contribution in [0.5, 0.6) is 0 Å². The highest BCUT2D eigenvalue weighted by molar-refractivity contribution is 5.04. The Morgan fingerprint density at radius 2 is 2.27 bits per heavy atom. The number of hydrogen-bond donors (Lipinski definition) is 1. The number of aromatic nitrogens is 2. The summed E-state index contributed by atoms with van der Waals surface area (Å²) >= 11 is 0. The summed E-state index contributed by atoms with van der Waals surface area (Å²) < 4.78 is 7.69. The predicted molar refractivity (Wildman–Crippen MR) is 58.8 cm³/mol. The van der Waals surface area contributed by atoms with Crippen molar-refractivity contribution in [3.63, 3.8) is 0 Å². The van der Waals surface area contributed by atoms with E-state index in [1.165, 1.54) is 0 Å². The average Bonchev–Trinajstić information content (AvgIpc) is 2.65. The van der Waals surface area contributed by atoms with Crippen molar-refractivity contribution in [2.45, 2.75) is 24.9 Å². The number of piperidine rings is 1. The van der Waals surface area contributed by atoms with Crippen LogP contribution in [-0.2, 0) is 18.2 Å². The van der Waals surface area contributed by atoms with Crippen molar-refractivity contribution >= 4 is 0 Å². The molecule has 0 radical (unpaired) electrons. The van der Waals surface area contributed by atoms with Gasteiger partial charge in [0, 0.05) is 26.8 Å². The lowest BCUT2D eigenvalue weighted by atomic mass is 9.87. The maximum absolute atomic E-state index is 5.70. The van der Waals surface area contributed by atoms with Crippen molar-refractivity contribution in [1.29, 1.82) is 0 Å². The van der Waals surface area contributed by atoms with Gasteiger partial charge >= 0.3 is 0 Å². The second-order valence-electron chi connectivity index (χ2n) is 4.34. The molecule has 0 bridgehead atoms. The van der Waals surface area contributed by atoms with E-state index in [2.05, 4.69) is 16.5 Å². The van der Waals surface area contributed by atoms with E-state index < -0.39 is 0 Å². The van der Waals surface area contributed by atoms with Crippen LogP contribution in [0.25, 0.3) is 0 Å². The monoisotopic (exact) mass is 209 g/mol. The molecule has 0 unspecified atom stereocenters. The fourth-order valence-corrected chi connectivity index (χ4v) is 2.22. The van der Waals surface area contributed by atoms with Crippen molar-refractivity contribution in [1.82, 2.24) is 14.9 Å². The normalized spacial score (nSPS) is 20.4. The second-order valence-corrected chi connectivity index (χ2v) is 4.34. The van der Waals surface area contributed by atoms with Gasteiger partial charge in [0.05, 0.1) is 17.6 Å². The summed E-state index contributed by atoms with van der Waals surface area (Å²) in [7, 11) is 3.81. The molecule has 84 valence electrons. The van der Waals surface area contributed by atoms with Gasteiger partial charge in [-0.3, -0.25) is 0 Å². The molecule has 1 saturated heterocycles. The SMILES string of the molecule is COC1(Cc2cn(C)cn2)CCNCC1. The Morgan fingerprint density at radius 3 is 2.80 bits per heavy atom. The van der Waals surface area contributed by atoms with Gasteiger partial charge in [0.2, 0.25) is 0 Å². The molecule has 15 heavy (non-hydrogen) atoms. The molecule has 0 saturated carbocycles. The standard InChI is InChI=1S/C11H19N3O/c1-14-8-10(13-9-14)7-11(15-2)3-5-12-6-4-11/h8-9,12H,3-7H2,1-2H3. The van der Waals surface area contributed by atoms with Gasteiger partial charge < -0.3 is 14.6 Å². The second kappa shape index (κ2) is 4.33. The first-order valence-corrected chi connectivity index (χ1v) is 5.47. The van der Waals surface area contributed by atoms with Crippen LogP contribution in [0.3, 0.4) is 0 Å². The van der Waals surface area contributed by atoms with Crippen LogP contribution in [0.2, 0.25) is 0 Å². The highest BCUT2D eigenvalue weighted by Gasteiger charge is 2.32. The predicted octanol–water partition coefficient (Wildman–Crippen LogP) is 0.731. The first-order chi connectivity index (χ1) is 7.24. The van der Waals surface area contributed by atoms with Crippen LogP contribution in [0.1, 0.15) is 18.5 Å². The van der Waals surface area contributed by atoms with Crippen LogP contribution in [0.4, 0.5) is 0 Å². The largest absolute Gasteiger partial charge is 0.378 e. The smallest absolute Gasteiger partial charge is 0.0946 e. The summed E-state index contributed by atoms with van der Waals surface area (Å²) in [5.41, 5.74) is 1.13. The third-order valence-electron chi connectivity index (χ3n) is 3.21. The molecular weight excluding hydrogens is 190 g/mol. The van der Waals surface area contributed by atoms with Crippen LogP contribution in [0.15, 0.2) is 12.5 Å². The fourth-order valence-electron chi connectivity index (χ4n) is 2.22. The van der Waals surface area contributed by atoms with E-state index in [0.29, 0.717) is 0 Å². The van der Waals surface area contributed by atoms with E-state index in [1.807, 2.05) is 25.1 Å². The molecule has 0 aromatic carbocycles. The molecule has 1 aromatic heterocycles. The molecular formula is C11H19N3O. The molecule has 4 heteroatoms. The number of aryl methyl sites for hydroxylation is 1. The fraction of sp³-hybridized carbons (Fsp3) is 0.727. The van der Waals surface area contributed by atoms with Gasteiger partial charge in [-0.25, -0.2) is 4.98 Å². The average molecular weight is 209 g/mol. The number of rotatable bonds is 3. The Bertz CT molecular complexity index is 315. The van der Waals surface area contributed by atoms with Crippen molar-refractivity contribution in [3.8, 4) is 0 Å². The minimum absolute atomic E-state index is 0.000394. The topological polar surface area (TPSA) is 39.1 Å². The Morgan fingerprint density at radius 1 is 1.53 bits per heavy atom. The van der Waals surface area contributed by atoms with E-state index in [1.54, 1.807) is 0 Å². The lowest BCUT2D eigenvalue weighted by molar-refractivity contribution is -0.0339. The van der Waals surface area contributed by atoms with Gasteiger partial charge in [-0.1, -0.05) is 0 Å². The summed E-state index contributed by atoms with van der Waals surface area (Å²) in [5, 5.41) is 3.36. The summed E-state index contributed by atoms with van der Waals surface area (Å²) in [5.74, 6) is 0. The molecule has 0 spiro atoms.